The summed E-state index contributed by atoms with van der Waals surface area (Å²) in [6.45, 7) is 0. The van der Waals surface area contributed by atoms with Gasteiger partial charge in [-0.3, -0.25) is 4.79 Å². The van der Waals surface area contributed by atoms with E-state index in [0.29, 0.717) is 17.6 Å². The van der Waals surface area contributed by atoms with E-state index in [1.807, 2.05) is 18.2 Å². The van der Waals surface area contributed by atoms with Crippen LogP contribution in [0.3, 0.4) is 0 Å². The monoisotopic (exact) mass is 280 g/mol. The van der Waals surface area contributed by atoms with Crippen molar-refractivity contribution < 1.29 is 9.90 Å². The van der Waals surface area contributed by atoms with Crippen molar-refractivity contribution in [3.8, 4) is 0 Å². The van der Waals surface area contributed by atoms with Gasteiger partial charge in [0.15, 0.2) is 5.78 Å². The summed E-state index contributed by atoms with van der Waals surface area (Å²) in [7, 11) is 0. The minimum Gasteiger partial charge on any atom is -0.388 e. The number of aliphatic hydroxyl groups is 1. The van der Waals surface area contributed by atoms with Crippen molar-refractivity contribution in [1.29, 1.82) is 0 Å². The van der Waals surface area contributed by atoms with Crippen LogP contribution < -0.4 is 0 Å². The fourth-order valence-electron chi connectivity index (χ4n) is 1.90. The van der Waals surface area contributed by atoms with Crippen LogP contribution in [0.15, 0.2) is 40.4 Å². The van der Waals surface area contributed by atoms with Crippen molar-refractivity contribution in [2.24, 2.45) is 0 Å². The maximum absolute atomic E-state index is 12.1. The Hall–Kier alpha value is -0.930. The standard InChI is InChI=1S/C13H13BrO2/c14-10-5-3-4-9(8-10)13(16)11-6-1-2-7-12(11)15/h3-6,8,12,15H,1-2,7H2/t12-/m1/s1. The molecule has 0 bridgehead atoms. The lowest BCUT2D eigenvalue weighted by Gasteiger charge is -2.18. The minimum absolute atomic E-state index is 0.0616. The molecule has 0 fully saturated rings. The Kier molecular flexibility index (Phi) is 3.56. The molecule has 1 aliphatic rings. The maximum Gasteiger partial charge on any atom is 0.191 e. The molecule has 0 unspecified atom stereocenters. The van der Waals surface area contributed by atoms with E-state index in [1.165, 1.54) is 0 Å². The van der Waals surface area contributed by atoms with Crippen LogP contribution in [-0.4, -0.2) is 17.0 Å². The van der Waals surface area contributed by atoms with Gasteiger partial charge in [-0.05, 0) is 31.4 Å². The number of ketones is 1. The summed E-state index contributed by atoms with van der Waals surface area (Å²) < 4.78 is 0.879. The van der Waals surface area contributed by atoms with E-state index in [0.717, 1.165) is 17.3 Å². The van der Waals surface area contributed by atoms with Gasteiger partial charge in [-0.25, -0.2) is 0 Å². The fraction of sp³-hybridized carbons (Fsp3) is 0.308. The summed E-state index contributed by atoms with van der Waals surface area (Å²) in [4.78, 5) is 12.1. The number of aliphatic hydroxyl groups excluding tert-OH is 1. The van der Waals surface area contributed by atoms with Crippen LogP contribution in [0.4, 0.5) is 0 Å². The highest BCUT2D eigenvalue weighted by atomic mass is 79.9. The molecular weight excluding hydrogens is 268 g/mol. The summed E-state index contributed by atoms with van der Waals surface area (Å²) in [5, 5.41) is 9.77. The quantitative estimate of drug-likeness (QED) is 0.846. The summed E-state index contributed by atoms with van der Waals surface area (Å²) in [6.07, 6.45) is 3.78. The average Bonchev–Trinajstić information content (AvgIpc) is 2.29. The Morgan fingerprint density at radius 2 is 2.25 bits per heavy atom. The third-order valence-electron chi connectivity index (χ3n) is 2.75. The zero-order chi connectivity index (χ0) is 11.5. The molecule has 0 spiro atoms. The molecule has 0 saturated carbocycles. The van der Waals surface area contributed by atoms with Gasteiger partial charge in [-0.2, -0.15) is 0 Å². The van der Waals surface area contributed by atoms with Gasteiger partial charge in [0.1, 0.15) is 0 Å². The van der Waals surface area contributed by atoms with E-state index in [4.69, 9.17) is 0 Å². The van der Waals surface area contributed by atoms with Gasteiger partial charge in [0.2, 0.25) is 0 Å². The van der Waals surface area contributed by atoms with E-state index in [-0.39, 0.29) is 5.78 Å². The lowest BCUT2D eigenvalue weighted by Crippen LogP contribution is -2.20. The van der Waals surface area contributed by atoms with Crippen molar-refractivity contribution in [2.75, 3.05) is 0 Å². The molecule has 1 aromatic carbocycles. The van der Waals surface area contributed by atoms with Gasteiger partial charge in [0.25, 0.3) is 0 Å². The average molecular weight is 281 g/mol. The minimum atomic E-state index is -0.597. The van der Waals surface area contributed by atoms with Crippen LogP contribution in [-0.2, 0) is 0 Å². The van der Waals surface area contributed by atoms with Gasteiger partial charge in [-0.1, -0.05) is 34.1 Å². The predicted molar refractivity (Wildman–Crippen MR) is 66.4 cm³/mol. The number of carbonyl (C=O) groups excluding carboxylic acids is 1. The van der Waals surface area contributed by atoms with E-state index < -0.39 is 6.10 Å². The van der Waals surface area contributed by atoms with Crippen molar-refractivity contribution in [2.45, 2.75) is 25.4 Å². The number of allylic oxidation sites excluding steroid dienone is 1. The Morgan fingerprint density at radius 1 is 1.44 bits per heavy atom. The predicted octanol–water partition coefficient (Wildman–Crippen LogP) is 3.10. The molecule has 0 amide bonds. The Bertz CT molecular complexity index is 437. The second-order valence-electron chi connectivity index (χ2n) is 3.95. The Morgan fingerprint density at radius 3 is 2.94 bits per heavy atom. The second kappa shape index (κ2) is 4.93. The van der Waals surface area contributed by atoms with Gasteiger partial charge in [-0.15, -0.1) is 0 Å². The van der Waals surface area contributed by atoms with E-state index in [1.54, 1.807) is 12.1 Å². The lowest BCUT2D eigenvalue weighted by atomic mass is 9.91. The number of rotatable bonds is 2. The third kappa shape index (κ3) is 2.42. The molecule has 1 N–H and O–H groups in total. The molecule has 3 heteroatoms. The largest absolute Gasteiger partial charge is 0.388 e. The molecule has 84 valence electrons. The molecule has 2 rings (SSSR count). The van der Waals surface area contributed by atoms with Crippen LogP contribution in [0.25, 0.3) is 0 Å². The first-order chi connectivity index (χ1) is 7.68. The number of halogens is 1. The van der Waals surface area contributed by atoms with Gasteiger partial charge in [0, 0.05) is 15.6 Å². The van der Waals surface area contributed by atoms with Crippen LogP contribution in [0.2, 0.25) is 0 Å². The molecule has 0 aromatic heterocycles. The number of carbonyl (C=O) groups is 1. The second-order valence-corrected chi connectivity index (χ2v) is 4.86. The molecule has 1 atom stereocenters. The molecule has 0 radical (unpaired) electrons. The highest BCUT2D eigenvalue weighted by Gasteiger charge is 2.22. The molecule has 0 saturated heterocycles. The highest BCUT2D eigenvalue weighted by Crippen LogP contribution is 2.23. The van der Waals surface area contributed by atoms with Crippen molar-refractivity contribution in [1.82, 2.24) is 0 Å². The summed E-state index contributed by atoms with van der Waals surface area (Å²) in [5.41, 5.74) is 1.17. The first-order valence-electron chi connectivity index (χ1n) is 5.37. The van der Waals surface area contributed by atoms with Crippen LogP contribution >= 0.6 is 15.9 Å². The van der Waals surface area contributed by atoms with Gasteiger partial charge < -0.3 is 5.11 Å². The number of benzene rings is 1. The SMILES string of the molecule is O=C(C1=CCCC[C@H]1O)c1cccc(Br)c1. The Labute approximate surface area is 103 Å². The molecular formula is C13H13BrO2. The van der Waals surface area contributed by atoms with Gasteiger partial charge in [0.05, 0.1) is 6.10 Å². The molecule has 1 aromatic rings. The van der Waals surface area contributed by atoms with Gasteiger partial charge >= 0.3 is 0 Å². The molecule has 16 heavy (non-hydrogen) atoms. The first-order valence-corrected chi connectivity index (χ1v) is 6.16. The molecule has 0 heterocycles. The number of hydrogen-bond acceptors (Lipinski definition) is 2. The summed E-state index contributed by atoms with van der Waals surface area (Å²) in [5.74, 6) is -0.0616. The van der Waals surface area contributed by atoms with Crippen molar-refractivity contribution in [3.05, 3.63) is 46.0 Å². The number of hydrogen-bond donors (Lipinski definition) is 1. The normalized spacial score (nSPS) is 20.4. The topological polar surface area (TPSA) is 37.3 Å². The highest BCUT2D eigenvalue weighted by molar-refractivity contribution is 9.10. The third-order valence-corrected chi connectivity index (χ3v) is 3.25. The molecule has 0 aliphatic heterocycles. The first kappa shape index (κ1) is 11.6. The zero-order valence-electron chi connectivity index (χ0n) is 8.82. The summed E-state index contributed by atoms with van der Waals surface area (Å²) >= 11 is 3.34. The Balaban J connectivity index is 2.28. The maximum atomic E-state index is 12.1. The van der Waals surface area contributed by atoms with E-state index in [9.17, 15) is 9.90 Å². The lowest BCUT2D eigenvalue weighted by molar-refractivity contribution is 0.0975. The smallest absolute Gasteiger partial charge is 0.191 e. The van der Waals surface area contributed by atoms with Crippen molar-refractivity contribution in [3.63, 3.8) is 0 Å². The van der Waals surface area contributed by atoms with Crippen LogP contribution in [0.5, 0.6) is 0 Å². The molecule has 1 aliphatic carbocycles. The van der Waals surface area contributed by atoms with E-state index >= 15 is 0 Å². The fourth-order valence-corrected chi connectivity index (χ4v) is 2.30. The van der Waals surface area contributed by atoms with Crippen LogP contribution in [0.1, 0.15) is 29.6 Å². The molecule has 2 nitrogen and oxygen atoms in total. The van der Waals surface area contributed by atoms with Crippen molar-refractivity contribution >= 4 is 21.7 Å². The summed E-state index contributed by atoms with van der Waals surface area (Å²) in [6, 6.07) is 7.26. The zero-order valence-corrected chi connectivity index (χ0v) is 10.4. The number of Topliss-reactive ketones (excluding diaryl/α,β-unsaturated/α-hetero) is 1. The van der Waals surface area contributed by atoms with Crippen LogP contribution in [0, 0.1) is 0 Å². The van der Waals surface area contributed by atoms with E-state index in [2.05, 4.69) is 15.9 Å².